The Hall–Kier alpha value is -1.75. The summed E-state index contributed by atoms with van der Waals surface area (Å²) in [5.41, 5.74) is 0.293. The first kappa shape index (κ1) is 14.6. The lowest BCUT2D eigenvalue weighted by atomic mass is 9.53. The van der Waals surface area contributed by atoms with Gasteiger partial charge in [-0.25, -0.2) is 4.79 Å². The van der Waals surface area contributed by atoms with Crippen LogP contribution in [0, 0.1) is 17.8 Å². The second kappa shape index (κ2) is 5.12. The number of aliphatic hydroxyl groups is 1. The van der Waals surface area contributed by atoms with Gasteiger partial charge in [-0.15, -0.1) is 0 Å². The number of carbonyl (C=O) groups is 1. The van der Waals surface area contributed by atoms with Crippen LogP contribution < -0.4 is 9.64 Å². The third-order valence-electron chi connectivity index (χ3n) is 6.34. The van der Waals surface area contributed by atoms with Gasteiger partial charge in [0.2, 0.25) is 0 Å². The maximum atomic E-state index is 12.8. The van der Waals surface area contributed by atoms with E-state index >= 15 is 0 Å². The fraction of sp³-hybridized carbons (Fsp3) is 0.632. The van der Waals surface area contributed by atoms with Gasteiger partial charge in [0.25, 0.3) is 0 Å². The van der Waals surface area contributed by atoms with Crippen LogP contribution in [0.4, 0.5) is 10.5 Å². The van der Waals surface area contributed by atoms with Crippen LogP contribution in [0.5, 0.6) is 5.75 Å². The number of fused-ring (bicyclic) bond motifs is 1. The lowest BCUT2D eigenvalue weighted by molar-refractivity contribution is -0.175. The standard InChI is InChI=1S/C19H23NO4/c21-18(20-5-6-23-16-4-2-1-3-15(16)20)24-17-13-7-12-8-14(17)11-19(22,9-12)10-13/h1-4,12-14,17,22H,5-11H2. The Bertz CT molecular complexity index is 659. The number of rotatable bonds is 1. The molecule has 5 heteroatoms. The van der Waals surface area contributed by atoms with Gasteiger partial charge in [-0.3, -0.25) is 4.90 Å². The lowest BCUT2D eigenvalue weighted by Gasteiger charge is -2.57. The van der Waals surface area contributed by atoms with E-state index in [-0.39, 0.29) is 12.2 Å². The fourth-order valence-corrected chi connectivity index (χ4v) is 5.67. The van der Waals surface area contributed by atoms with E-state index in [2.05, 4.69) is 0 Å². The Kier molecular flexibility index (Phi) is 3.11. The highest BCUT2D eigenvalue weighted by molar-refractivity contribution is 5.90. The van der Waals surface area contributed by atoms with E-state index in [9.17, 15) is 9.90 Å². The Morgan fingerprint density at radius 1 is 1.21 bits per heavy atom. The van der Waals surface area contributed by atoms with Crippen molar-refractivity contribution in [1.29, 1.82) is 0 Å². The molecule has 1 aromatic rings. The third kappa shape index (κ3) is 2.21. The maximum Gasteiger partial charge on any atom is 0.414 e. The van der Waals surface area contributed by atoms with Crippen molar-refractivity contribution >= 4 is 11.8 Å². The first-order chi connectivity index (χ1) is 11.6. The Labute approximate surface area is 141 Å². The summed E-state index contributed by atoms with van der Waals surface area (Å²) in [6.45, 7) is 1.01. The van der Waals surface area contributed by atoms with Gasteiger partial charge in [0, 0.05) is 0 Å². The molecule has 0 radical (unpaired) electrons. The van der Waals surface area contributed by atoms with E-state index in [1.165, 1.54) is 0 Å². The van der Waals surface area contributed by atoms with Crippen LogP contribution >= 0.6 is 0 Å². The highest BCUT2D eigenvalue weighted by atomic mass is 16.6. The van der Waals surface area contributed by atoms with Gasteiger partial charge in [-0.1, -0.05) is 12.1 Å². The molecule has 1 aliphatic heterocycles. The number of anilines is 1. The number of para-hydroxylation sites is 2. The van der Waals surface area contributed by atoms with E-state index in [0.29, 0.717) is 30.9 Å². The van der Waals surface area contributed by atoms with E-state index in [0.717, 1.165) is 43.5 Å². The summed E-state index contributed by atoms with van der Waals surface area (Å²) in [6.07, 6.45) is 4.40. The molecule has 2 atom stereocenters. The van der Waals surface area contributed by atoms with Gasteiger partial charge in [0.1, 0.15) is 18.5 Å². The molecule has 0 saturated heterocycles. The predicted molar refractivity (Wildman–Crippen MR) is 88.1 cm³/mol. The maximum absolute atomic E-state index is 12.8. The molecule has 24 heavy (non-hydrogen) atoms. The van der Waals surface area contributed by atoms with Crippen LogP contribution in [-0.4, -0.2) is 36.1 Å². The van der Waals surface area contributed by atoms with E-state index in [1.807, 2.05) is 24.3 Å². The number of hydrogen-bond acceptors (Lipinski definition) is 4. The summed E-state index contributed by atoms with van der Waals surface area (Å²) >= 11 is 0. The molecule has 4 saturated carbocycles. The van der Waals surface area contributed by atoms with Crippen molar-refractivity contribution < 1.29 is 19.4 Å². The summed E-state index contributed by atoms with van der Waals surface area (Å²) in [6, 6.07) is 7.60. The SMILES string of the molecule is O=C(OC1C2CC3CC1CC(O)(C3)C2)N1CCOc2ccccc21. The summed E-state index contributed by atoms with van der Waals surface area (Å²) in [4.78, 5) is 14.5. The Balaban J connectivity index is 1.35. The summed E-state index contributed by atoms with van der Waals surface area (Å²) in [7, 11) is 0. The van der Waals surface area contributed by atoms with Crippen LogP contribution in [0.3, 0.4) is 0 Å². The molecule has 4 bridgehead atoms. The molecule has 0 spiro atoms. The minimum absolute atomic E-state index is 0.0377. The molecule has 5 nitrogen and oxygen atoms in total. The number of hydrogen-bond donors (Lipinski definition) is 1. The number of nitrogens with zero attached hydrogens (tertiary/aromatic N) is 1. The molecule has 128 valence electrons. The third-order valence-corrected chi connectivity index (χ3v) is 6.34. The van der Waals surface area contributed by atoms with Crippen LogP contribution in [0.2, 0.25) is 0 Å². The van der Waals surface area contributed by atoms with Crippen molar-refractivity contribution in [2.75, 3.05) is 18.1 Å². The van der Waals surface area contributed by atoms with Gasteiger partial charge in [0.15, 0.2) is 0 Å². The summed E-state index contributed by atoms with van der Waals surface area (Å²) in [5.74, 6) is 2.00. The van der Waals surface area contributed by atoms with E-state index in [4.69, 9.17) is 9.47 Å². The second-order valence-electron chi connectivity index (χ2n) is 8.01. The zero-order valence-electron chi connectivity index (χ0n) is 13.7. The zero-order valence-corrected chi connectivity index (χ0v) is 13.7. The number of benzene rings is 1. The van der Waals surface area contributed by atoms with Crippen molar-refractivity contribution in [3.63, 3.8) is 0 Å². The Morgan fingerprint density at radius 2 is 1.96 bits per heavy atom. The minimum Gasteiger partial charge on any atom is -0.490 e. The van der Waals surface area contributed by atoms with Gasteiger partial charge in [-0.05, 0) is 62.0 Å². The smallest absolute Gasteiger partial charge is 0.414 e. The number of carbonyl (C=O) groups excluding carboxylic acids is 1. The lowest BCUT2D eigenvalue weighted by Crippen LogP contribution is -2.58. The normalized spacial score (nSPS) is 39.3. The minimum atomic E-state index is -0.495. The highest BCUT2D eigenvalue weighted by Crippen LogP contribution is 2.56. The van der Waals surface area contributed by atoms with Crippen molar-refractivity contribution in [2.45, 2.75) is 43.8 Å². The summed E-state index contributed by atoms with van der Waals surface area (Å²) < 4.78 is 11.6. The van der Waals surface area contributed by atoms with Crippen LogP contribution in [0.15, 0.2) is 24.3 Å². The van der Waals surface area contributed by atoms with E-state index in [1.54, 1.807) is 4.90 Å². The monoisotopic (exact) mass is 329 g/mol. The van der Waals surface area contributed by atoms with Crippen LogP contribution in [0.1, 0.15) is 32.1 Å². The molecular formula is C19H23NO4. The zero-order chi connectivity index (χ0) is 16.3. The van der Waals surface area contributed by atoms with Crippen LogP contribution in [0.25, 0.3) is 0 Å². The first-order valence-electron chi connectivity index (χ1n) is 9.04. The topological polar surface area (TPSA) is 59.0 Å². The average molecular weight is 329 g/mol. The molecule has 5 aliphatic rings. The number of amides is 1. The average Bonchev–Trinajstić information content (AvgIpc) is 2.56. The van der Waals surface area contributed by atoms with Gasteiger partial charge >= 0.3 is 6.09 Å². The molecule has 1 amide bonds. The van der Waals surface area contributed by atoms with Gasteiger partial charge in [-0.2, -0.15) is 0 Å². The molecule has 6 rings (SSSR count). The quantitative estimate of drug-likeness (QED) is 0.860. The Morgan fingerprint density at radius 3 is 2.71 bits per heavy atom. The van der Waals surface area contributed by atoms with E-state index < -0.39 is 5.60 Å². The molecule has 1 heterocycles. The summed E-state index contributed by atoms with van der Waals surface area (Å²) in [5, 5.41) is 10.7. The molecule has 4 fully saturated rings. The highest BCUT2D eigenvalue weighted by Gasteiger charge is 2.56. The molecule has 1 N–H and O–H groups in total. The molecule has 1 aromatic carbocycles. The predicted octanol–water partition coefficient (Wildman–Crippen LogP) is 2.96. The molecule has 2 unspecified atom stereocenters. The van der Waals surface area contributed by atoms with Gasteiger partial charge in [0.05, 0.1) is 17.8 Å². The second-order valence-corrected chi connectivity index (χ2v) is 8.01. The van der Waals surface area contributed by atoms with Gasteiger partial charge < -0.3 is 14.6 Å². The van der Waals surface area contributed by atoms with Crippen molar-refractivity contribution in [3.05, 3.63) is 24.3 Å². The van der Waals surface area contributed by atoms with Crippen molar-refractivity contribution in [1.82, 2.24) is 0 Å². The molecule has 0 aromatic heterocycles. The largest absolute Gasteiger partial charge is 0.490 e. The molecular weight excluding hydrogens is 306 g/mol. The van der Waals surface area contributed by atoms with Crippen molar-refractivity contribution in [3.8, 4) is 5.75 Å². The first-order valence-corrected chi connectivity index (χ1v) is 9.04. The molecule has 4 aliphatic carbocycles. The van der Waals surface area contributed by atoms with Crippen LogP contribution in [-0.2, 0) is 4.74 Å². The van der Waals surface area contributed by atoms with Crippen molar-refractivity contribution in [2.24, 2.45) is 17.8 Å². The number of ether oxygens (including phenoxy) is 2. The fourth-order valence-electron chi connectivity index (χ4n) is 5.67.